The van der Waals surface area contributed by atoms with Gasteiger partial charge in [0.15, 0.2) is 5.69 Å². The van der Waals surface area contributed by atoms with Crippen LogP contribution >= 0.6 is 0 Å². The van der Waals surface area contributed by atoms with Crippen molar-refractivity contribution in [3.8, 4) is 5.69 Å². The van der Waals surface area contributed by atoms with Crippen molar-refractivity contribution in [3.05, 3.63) is 42.2 Å². The van der Waals surface area contributed by atoms with Gasteiger partial charge >= 0.3 is 0 Å². The molecule has 6 nitrogen and oxygen atoms in total. The molecule has 0 fully saturated rings. The van der Waals surface area contributed by atoms with E-state index in [1.807, 2.05) is 32.0 Å². The summed E-state index contributed by atoms with van der Waals surface area (Å²) in [5, 5.41) is 7.05. The lowest BCUT2D eigenvalue weighted by atomic mass is 10.1. The Morgan fingerprint density at radius 2 is 2.10 bits per heavy atom. The molecule has 0 aliphatic carbocycles. The van der Waals surface area contributed by atoms with Crippen molar-refractivity contribution in [2.75, 3.05) is 19.4 Å². The second-order valence-corrected chi connectivity index (χ2v) is 5.35. The zero-order valence-electron chi connectivity index (χ0n) is 12.5. The second-order valence-electron chi connectivity index (χ2n) is 5.35. The van der Waals surface area contributed by atoms with E-state index < -0.39 is 5.60 Å². The Balaban J connectivity index is 2.10. The van der Waals surface area contributed by atoms with Crippen LogP contribution in [-0.4, -0.2) is 34.9 Å². The van der Waals surface area contributed by atoms with Gasteiger partial charge in [0, 0.05) is 19.9 Å². The van der Waals surface area contributed by atoms with Crippen LogP contribution < -0.4 is 11.1 Å². The number of para-hydroxylation sites is 2. The standard InChI is InChI=1S/C15H20N4O2/c1-15(2,21-3)10-17-14(20)12-8-9-19(18-12)13-7-5-4-6-11(13)16/h4-9H,10,16H2,1-3H3,(H,17,20). The highest BCUT2D eigenvalue weighted by Crippen LogP contribution is 2.15. The van der Waals surface area contributed by atoms with Crippen molar-refractivity contribution in [2.45, 2.75) is 19.4 Å². The van der Waals surface area contributed by atoms with Crippen LogP contribution in [0, 0.1) is 0 Å². The zero-order chi connectivity index (χ0) is 15.5. The molecular weight excluding hydrogens is 268 g/mol. The molecule has 0 saturated carbocycles. The lowest BCUT2D eigenvalue weighted by Crippen LogP contribution is -2.39. The van der Waals surface area contributed by atoms with Gasteiger partial charge in [-0.3, -0.25) is 4.79 Å². The summed E-state index contributed by atoms with van der Waals surface area (Å²) in [6.45, 7) is 4.20. The molecule has 0 bridgehead atoms. The van der Waals surface area contributed by atoms with E-state index in [0.29, 0.717) is 17.9 Å². The quantitative estimate of drug-likeness (QED) is 0.819. The Kier molecular flexibility index (Phi) is 4.28. The SMILES string of the molecule is COC(C)(C)CNC(=O)c1ccn(-c2ccccc2N)n1. The summed E-state index contributed by atoms with van der Waals surface area (Å²) in [7, 11) is 1.61. The Bertz CT molecular complexity index is 634. The summed E-state index contributed by atoms with van der Waals surface area (Å²) in [5.41, 5.74) is 7.17. The topological polar surface area (TPSA) is 82.2 Å². The van der Waals surface area contributed by atoms with Gasteiger partial charge in [-0.25, -0.2) is 4.68 Å². The van der Waals surface area contributed by atoms with Crippen LogP contribution in [0.4, 0.5) is 5.69 Å². The number of nitrogens with one attached hydrogen (secondary N) is 1. The van der Waals surface area contributed by atoms with Crippen LogP contribution in [0.15, 0.2) is 36.5 Å². The molecule has 0 aliphatic rings. The van der Waals surface area contributed by atoms with E-state index in [4.69, 9.17) is 10.5 Å². The lowest BCUT2D eigenvalue weighted by molar-refractivity contribution is 0.0228. The predicted molar refractivity (Wildman–Crippen MR) is 81.4 cm³/mol. The van der Waals surface area contributed by atoms with Crippen molar-refractivity contribution in [1.82, 2.24) is 15.1 Å². The van der Waals surface area contributed by atoms with Gasteiger partial charge in [0.05, 0.1) is 17.0 Å². The first kappa shape index (κ1) is 15.1. The number of nitrogens with zero attached hydrogens (tertiary/aromatic N) is 2. The molecule has 0 unspecified atom stereocenters. The maximum absolute atomic E-state index is 12.1. The van der Waals surface area contributed by atoms with E-state index >= 15 is 0 Å². The van der Waals surface area contributed by atoms with Gasteiger partial charge in [-0.15, -0.1) is 0 Å². The van der Waals surface area contributed by atoms with Crippen molar-refractivity contribution < 1.29 is 9.53 Å². The average molecular weight is 288 g/mol. The number of benzene rings is 1. The van der Waals surface area contributed by atoms with E-state index in [1.165, 1.54) is 0 Å². The molecule has 0 atom stereocenters. The molecule has 6 heteroatoms. The summed E-state index contributed by atoms with van der Waals surface area (Å²) in [4.78, 5) is 12.1. The molecule has 112 valence electrons. The third-order valence-electron chi connectivity index (χ3n) is 3.23. The summed E-state index contributed by atoms with van der Waals surface area (Å²) in [5.74, 6) is -0.242. The van der Waals surface area contributed by atoms with Crippen LogP contribution in [0.1, 0.15) is 24.3 Å². The van der Waals surface area contributed by atoms with Crippen molar-refractivity contribution in [2.24, 2.45) is 0 Å². The number of ether oxygens (including phenoxy) is 1. The third-order valence-corrected chi connectivity index (χ3v) is 3.23. The Labute approximate surface area is 123 Å². The van der Waals surface area contributed by atoms with Crippen LogP contribution in [-0.2, 0) is 4.74 Å². The molecule has 0 spiro atoms. The number of nitrogen functional groups attached to an aromatic ring is 1. The monoisotopic (exact) mass is 288 g/mol. The normalized spacial score (nSPS) is 11.4. The van der Waals surface area contributed by atoms with Crippen LogP contribution in [0.5, 0.6) is 0 Å². The minimum absolute atomic E-state index is 0.242. The third kappa shape index (κ3) is 3.61. The number of amides is 1. The molecule has 1 heterocycles. The molecule has 1 aromatic heterocycles. The Morgan fingerprint density at radius 1 is 1.38 bits per heavy atom. The highest BCUT2D eigenvalue weighted by atomic mass is 16.5. The summed E-state index contributed by atoms with van der Waals surface area (Å²) < 4.78 is 6.85. The first-order valence-electron chi connectivity index (χ1n) is 6.67. The molecule has 1 amide bonds. The molecule has 1 aromatic carbocycles. The molecule has 2 rings (SSSR count). The van der Waals surface area contributed by atoms with Gasteiger partial charge in [0.25, 0.3) is 5.91 Å². The number of anilines is 1. The van der Waals surface area contributed by atoms with E-state index in [9.17, 15) is 4.79 Å². The van der Waals surface area contributed by atoms with E-state index in [0.717, 1.165) is 5.69 Å². The smallest absolute Gasteiger partial charge is 0.271 e. The molecule has 0 radical (unpaired) electrons. The zero-order valence-corrected chi connectivity index (χ0v) is 12.5. The number of rotatable bonds is 5. The van der Waals surface area contributed by atoms with Gasteiger partial charge in [0.2, 0.25) is 0 Å². The summed E-state index contributed by atoms with van der Waals surface area (Å²) >= 11 is 0. The number of nitrogens with two attached hydrogens (primary N) is 1. The van der Waals surface area contributed by atoms with Crippen molar-refractivity contribution >= 4 is 11.6 Å². The highest BCUT2D eigenvalue weighted by Gasteiger charge is 2.19. The number of hydrogen-bond acceptors (Lipinski definition) is 4. The fourth-order valence-electron chi connectivity index (χ4n) is 1.73. The molecule has 21 heavy (non-hydrogen) atoms. The molecule has 3 N–H and O–H groups in total. The Morgan fingerprint density at radius 3 is 2.76 bits per heavy atom. The molecule has 0 saturated heterocycles. The maximum atomic E-state index is 12.1. The Hall–Kier alpha value is -2.34. The van der Waals surface area contributed by atoms with Gasteiger partial charge in [0.1, 0.15) is 0 Å². The molecule has 2 aromatic rings. The van der Waals surface area contributed by atoms with E-state index in [2.05, 4.69) is 10.4 Å². The first-order valence-corrected chi connectivity index (χ1v) is 6.67. The van der Waals surface area contributed by atoms with Crippen molar-refractivity contribution in [3.63, 3.8) is 0 Å². The van der Waals surface area contributed by atoms with Crippen LogP contribution in [0.2, 0.25) is 0 Å². The van der Waals surface area contributed by atoms with Gasteiger partial charge in [-0.05, 0) is 32.0 Å². The average Bonchev–Trinajstić information content (AvgIpc) is 2.95. The van der Waals surface area contributed by atoms with Gasteiger partial charge < -0.3 is 15.8 Å². The lowest BCUT2D eigenvalue weighted by Gasteiger charge is -2.22. The maximum Gasteiger partial charge on any atom is 0.271 e. The van der Waals surface area contributed by atoms with E-state index in [-0.39, 0.29) is 5.91 Å². The van der Waals surface area contributed by atoms with Crippen LogP contribution in [0.25, 0.3) is 5.69 Å². The summed E-state index contributed by atoms with van der Waals surface area (Å²) in [6.07, 6.45) is 1.71. The molecular formula is C15H20N4O2. The number of carbonyl (C=O) groups excluding carboxylic acids is 1. The minimum atomic E-state index is -0.415. The van der Waals surface area contributed by atoms with Crippen molar-refractivity contribution in [1.29, 1.82) is 0 Å². The largest absolute Gasteiger partial charge is 0.397 e. The van der Waals surface area contributed by atoms with Gasteiger partial charge in [-0.1, -0.05) is 12.1 Å². The first-order chi connectivity index (χ1) is 9.93. The minimum Gasteiger partial charge on any atom is -0.397 e. The fourth-order valence-corrected chi connectivity index (χ4v) is 1.73. The number of carbonyl (C=O) groups is 1. The molecule has 0 aliphatic heterocycles. The number of aromatic nitrogens is 2. The van der Waals surface area contributed by atoms with Gasteiger partial charge in [-0.2, -0.15) is 5.10 Å². The summed E-state index contributed by atoms with van der Waals surface area (Å²) in [6, 6.07) is 9.01. The van der Waals surface area contributed by atoms with Crippen LogP contribution in [0.3, 0.4) is 0 Å². The second kappa shape index (κ2) is 5.97. The predicted octanol–water partition coefficient (Wildman–Crippen LogP) is 1.61. The highest BCUT2D eigenvalue weighted by molar-refractivity contribution is 5.92. The number of methoxy groups -OCH3 is 1. The fraction of sp³-hybridized carbons (Fsp3) is 0.333. The van der Waals surface area contributed by atoms with E-state index in [1.54, 1.807) is 30.1 Å². The number of hydrogen-bond donors (Lipinski definition) is 2.